The standard InChI is InChI=1S/C22H18F3NO4/c1-21(2,3)20(28)30-16-6-4-5-15-19(16)11-7-8-14-18(12(11)10-29-15)13(22(23,24)25)9-17(27)26-14/h4-9H,10H2,1-3H3,(H,26,27). The van der Waals surface area contributed by atoms with Crippen LogP contribution in [-0.2, 0) is 17.6 Å². The van der Waals surface area contributed by atoms with Crippen LogP contribution in [0.15, 0.2) is 41.2 Å². The Morgan fingerprint density at radius 3 is 2.53 bits per heavy atom. The first-order chi connectivity index (χ1) is 14.0. The maximum atomic E-state index is 13.7. The van der Waals surface area contributed by atoms with Crippen molar-refractivity contribution in [3.63, 3.8) is 0 Å². The van der Waals surface area contributed by atoms with E-state index in [1.807, 2.05) is 0 Å². The van der Waals surface area contributed by atoms with Gasteiger partial charge in [0.1, 0.15) is 18.1 Å². The van der Waals surface area contributed by atoms with E-state index in [4.69, 9.17) is 9.47 Å². The van der Waals surface area contributed by atoms with Crippen molar-refractivity contribution in [2.45, 2.75) is 33.6 Å². The lowest BCUT2D eigenvalue weighted by Gasteiger charge is -2.26. The van der Waals surface area contributed by atoms with Crippen molar-refractivity contribution in [1.29, 1.82) is 0 Å². The maximum Gasteiger partial charge on any atom is 0.417 e. The molecule has 30 heavy (non-hydrogen) atoms. The number of carbonyl (C=O) groups excluding carboxylic acids is 1. The van der Waals surface area contributed by atoms with Crippen LogP contribution in [0.1, 0.15) is 31.9 Å². The Labute approximate surface area is 169 Å². The summed E-state index contributed by atoms with van der Waals surface area (Å²) in [6, 6.07) is 8.45. The zero-order chi connectivity index (χ0) is 21.8. The molecule has 5 nitrogen and oxygen atoms in total. The second-order valence-corrected chi connectivity index (χ2v) is 8.12. The Balaban J connectivity index is 1.99. The van der Waals surface area contributed by atoms with E-state index in [0.29, 0.717) is 22.9 Å². The van der Waals surface area contributed by atoms with Gasteiger partial charge in [-0.15, -0.1) is 0 Å². The van der Waals surface area contributed by atoms with Crippen molar-refractivity contribution in [3.05, 3.63) is 57.9 Å². The third-order valence-electron chi connectivity index (χ3n) is 4.87. The molecule has 0 aliphatic carbocycles. The molecule has 0 spiro atoms. The molecular weight excluding hydrogens is 399 g/mol. The average molecular weight is 417 g/mol. The predicted molar refractivity (Wildman–Crippen MR) is 104 cm³/mol. The molecule has 0 unspecified atom stereocenters. The zero-order valence-electron chi connectivity index (χ0n) is 16.4. The number of aromatic nitrogens is 1. The molecule has 0 radical (unpaired) electrons. The number of fused-ring (bicyclic) bond motifs is 5. The van der Waals surface area contributed by atoms with Crippen molar-refractivity contribution < 1.29 is 27.4 Å². The molecule has 0 amide bonds. The summed E-state index contributed by atoms with van der Waals surface area (Å²) in [7, 11) is 0. The third kappa shape index (κ3) is 3.32. The minimum Gasteiger partial charge on any atom is -0.488 e. The number of benzene rings is 2. The third-order valence-corrected chi connectivity index (χ3v) is 4.87. The summed E-state index contributed by atoms with van der Waals surface area (Å²) in [6.45, 7) is 4.99. The maximum absolute atomic E-state index is 13.7. The molecular formula is C22H18F3NO4. The molecule has 0 atom stereocenters. The van der Waals surface area contributed by atoms with Crippen molar-refractivity contribution in [1.82, 2.24) is 4.98 Å². The number of aromatic amines is 1. The van der Waals surface area contributed by atoms with E-state index < -0.39 is 28.7 Å². The molecule has 0 saturated heterocycles. The van der Waals surface area contributed by atoms with Gasteiger partial charge in [0.2, 0.25) is 5.56 Å². The number of ether oxygens (including phenoxy) is 2. The predicted octanol–water partition coefficient (Wildman–Crippen LogP) is 5.06. The number of alkyl halides is 3. The van der Waals surface area contributed by atoms with E-state index >= 15 is 0 Å². The summed E-state index contributed by atoms with van der Waals surface area (Å²) in [4.78, 5) is 26.6. The van der Waals surface area contributed by atoms with E-state index in [1.165, 1.54) is 6.07 Å². The molecule has 1 aliphatic rings. The minimum absolute atomic E-state index is 0.0600. The summed E-state index contributed by atoms with van der Waals surface area (Å²) in [6.07, 6.45) is -4.72. The molecule has 0 fully saturated rings. The number of pyridine rings is 1. The number of carbonyl (C=O) groups is 1. The summed E-state index contributed by atoms with van der Waals surface area (Å²) in [5, 5.41) is -0.137. The molecule has 1 aromatic heterocycles. The second-order valence-electron chi connectivity index (χ2n) is 8.12. The average Bonchev–Trinajstić information content (AvgIpc) is 2.65. The van der Waals surface area contributed by atoms with E-state index in [0.717, 1.165) is 0 Å². The molecule has 3 aromatic rings. The minimum atomic E-state index is -4.72. The van der Waals surface area contributed by atoms with Gasteiger partial charge in [-0.25, -0.2) is 0 Å². The molecule has 2 heterocycles. The largest absolute Gasteiger partial charge is 0.488 e. The van der Waals surface area contributed by atoms with Gasteiger partial charge in [0.15, 0.2) is 0 Å². The van der Waals surface area contributed by atoms with Gasteiger partial charge < -0.3 is 14.5 Å². The number of hydrogen-bond donors (Lipinski definition) is 1. The SMILES string of the molecule is CC(C)(C)C(=O)Oc1cccc2c1-c1ccc3[nH]c(=O)cc(C(F)(F)F)c3c1CO2. The van der Waals surface area contributed by atoms with E-state index in [-0.39, 0.29) is 28.8 Å². The molecule has 2 aromatic carbocycles. The number of esters is 1. The van der Waals surface area contributed by atoms with Gasteiger partial charge in [0.25, 0.3) is 0 Å². The van der Waals surface area contributed by atoms with Crippen LogP contribution in [-0.4, -0.2) is 11.0 Å². The lowest BCUT2D eigenvalue weighted by atomic mass is 9.91. The Morgan fingerprint density at radius 2 is 1.87 bits per heavy atom. The number of halogens is 3. The molecule has 8 heteroatoms. The Bertz CT molecular complexity index is 1240. The highest BCUT2D eigenvalue weighted by molar-refractivity contribution is 5.95. The van der Waals surface area contributed by atoms with Gasteiger partial charge >= 0.3 is 12.1 Å². The van der Waals surface area contributed by atoms with Gasteiger partial charge in [-0.05, 0) is 44.5 Å². The first-order valence-electron chi connectivity index (χ1n) is 9.21. The molecule has 4 rings (SSSR count). The van der Waals surface area contributed by atoms with Crippen LogP contribution in [0.2, 0.25) is 0 Å². The lowest BCUT2D eigenvalue weighted by Crippen LogP contribution is -2.26. The summed E-state index contributed by atoms with van der Waals surface area (Å²) in [5.41, 5.74) is -1.46. The van der Waals surface area contributed by atoms with E-state index in [2.05, 4.69) is 4.98 Å². The molecule has 1 N–H and O–H groups in total. The van der Waals surface area contributed by atoms with Gasteiger partial charge in [-0.1, -0.05) is 12.1 Å². The Morgan fingerprint density at radius 1 is 1.13 bits per heavy atom. The van der Waals surface area contributed by atoms with Crippen molar-refractivity contribution in [2.75, 3.05) is 0 Å². The fourth-order valence-electron chi connectivity index (χ4n) is 3.42. The van der Waals surface area contributed by atoms with E-state index in [9.17, 15) is 22.8 Å². The van der Waals surface area contributed by atoms with Gasteiger partial charge in [0, 0.05) is 22.5 Å². The van der Waals surface area contributed by atoms with Crippen LogP contribution < -0.4 is 15.0 Å². The fraction of sp³-hybridized carbons (Fsp3) is 0.273. The van der Waals surface area contributed by atoms with Crippen LogP contribution in [0, 0.1) is 5.41 Å². The van der Waals surface area contributed by atoms with Crippen LogP contribution in [0.4, 0.5) is 13.2 Å². The summed E-state index contributed by atoms with van der Waals surface area (Å²) in [5.74, 6) is 0.119. The van der Waals surface area contributed by atoms with Crippen molar-refractivity contribution in [2.24, 2.45) is 5.41 Å². The van der Waals surface area contributed by atoms with Crippen molar-refractivity contribution >= 4 is 16.9 Å². The summed E-state index contributed by atoms with van der Waals surface area (Å²) >= 11 is 0. The molecule has 0 bridgehead atoms. The highest BCUT2D eigenvalue weighted by atomic mass is 19.4. The van der Waals surface area contributed by atoms with Crippen LogP contribution in [0.5, 0.6) is 11.5 Å². The number of rotatable bonds is 1. The fourth-order valence-corrected chi connectivity index (χ4v) is 3.42. The number of H-pyrrole nitrogens is 1. The molecule has 156 valence electrons. The zero-order valence-corrected chi connectivity index (χ0v) is 16.4. The normalized spacial score (nSPS) is 13.4. The lowest BCUT2D eigenvalue weighted by molar-refractivity contribution is -0.143. The summed E-state index contributed by atoms with van der Waals surface area (Å²) < 4.78 is 52.3. The van der Waals surface area contributed by atoms with Gasteiger partial charge in [-0.2, -0.15) is 13.2 Å². The Hall–Kier alpha value is -3.29. The van der Waals surface area contributed by atoms with Crippen LogP contribution in [0.3, 0.4) is 0 Å². The van der Waals surface area contributed by atoms with Crippen molar-refractivity contribution in [3.8, 4) is 22.6 Å². The Kier molecular flexibility index (Phi) is 4.41. The highest BCUT2D eigenvalue weighted by Crippen LogP contribution is 2.47. The molecule has 0 saturated carbocycles. The smallest absolute Gasteiger partial charge is 0.417 e. The quantitative estimate of drug-likeness (QED) is 0.444. The number of hydrogen-bond acceptors (Lipinski definition) is 4. The highest BCUT2D eigenvalue weighted by Gasteiger charge is 2.36. The van der Waals surface area contributed by atoms with Gasteiger partial charge in [-0.3, -0.25) is 9.59 Å². The van der Waals surface area contributed by atoms with Crippen LogP contribution >= 0.6 is 0 Å². The molecule has 1 aliphatic heterocycles. The van der Waals surface area contributed by atoms with Crippen LogP contribution in [0.25, 0.3) is 22.0 Å². The topological polar surface area (TPSA) is 68.4 Å². The first-order valence-corrected chi connectivity index (χ1v) is 9.21. The van der Waals surface area contributed by atoms with Gasteiger partial charge in [0.05, 0.1) is 16.5 Å². The first kappa shape index (κ1) is 20.0. The second kappa shape index (κ2) is 6.62. The monoisotopic (exact) mass is 417 g/mol. The number of nitrogens with one attached hydrogen (secondary N) is 1. The van der Waals surface area contributed by atoms with E-state index in [1.54, 1.807) is 45.0 Å².